The van der Waals surface area contributed by atoms with Gasteiger partial charge in [-0.3, -0.25) is 9.20 Å². The Morgan fingerprint density at radius 2 is 2.06 bits per heavy atom. The summed E-state index contributed by atoms with van der Waals surface area (Å²) in [5.41, 5.74) is -0.106. The number of pyridine rings is 1. The normalized spacial score (nSPS) is 12.0. The van der Waals surface area contributed by atoms with Crippen molar-refractivity contribution in [1.29, 1.82) is 0 Å². The van der Waals surface area contributed by atoms with Gasteiger partial charge in [0.05, 0.1) is 10.1 Å². The number of carbonyl (C=O) groups is 1. The lowest BCUT2D eigenvalue weighted by atomic mass is 10.3. The van der Waals surface area contributed by atoms with Crippen LogP contribution in [-0.2, 0) is 6.18 Å². The highest BCUT2D eigenvalue weighted by Crippen LogP contribution is 2.31. The Kier molecular flexibility index (Phi) is 2.49. The average Bonchev–Trinajstić information content (AvgIpc) is 2.57. The van der Waals surface area contributed by atoms with Gasteiger partial charge in [-0.15, -0.1) is 0 Å². The number of hydrogen-bond donors (Lipinski definition) is 0. The van der Waals surface area contributed by atoms with Gasteiger partial charge < -0.3 is 0 Å². The monoisotopic (exact) mass is 292 g/mol. The van der Waals surface area contributed by atoms with E-state index >= 15 is 0 Å². The van der Waals surface area contributed by atoms with Crippen LogP contribution in [0, 0.1) is 0 Å². The van der Waals surface area contributed by atoms with E-state index in [9.17, 15) is 18.0 Å². The molecule has 3 nitrogen and oxygen atoms in total. The summed E-state index contributed by atoms with van der Waals surface area (Å²) >= 11 is 2.99. The molecule has 2 aromatic heterocycles. The summed E-state index contributed by atoms with van der Waals surface area (Å²) in [7, 11) is 0. The molecule has 0 aliphatic heterocycles. The molecule has 2 rings (SSSR count). The second-order valence-corrected chi connectivity index (χ2v) is 3.82. The first kappa shape index (κ1) is 11.1. The van der Waals surface area contributed by atoms with Crippen LogP contribution in [0.1, 0.15) is 16.3 Å². The number of fused-ring (bicyclic) bond motifs is 1. The number of alkyl halides is 3. The molecule has 0 N–H and O–H groups in total. The Morgan fingerprint density at radius 1 is 1.38 bits per heavy atom. The van der Waals surface area contributed by atoms with Gasteiger partial charge in [-0.05, 0) is 28.1 Å². The number of aldehydes is 1. The molecule has 0 radical (unpaired) electrons. The van der Waals surface area contributed by atoms with Crippen LogP contribution in [0.5, 0.6) is 0 Å². The topological polar surface area (TPSA) is 34.4 Å². The number of carbonyl (C=O) groups excluding carboxylic acids is 1. The summed E-state index contributed by atoms with van der Waals surface area (Å²) in [5, 5.41) is 0. The minimum atomic E-state index is -4.60. The third-order valence-electron chi connectivity index (χ3n) is 2.01. The molecular formula is C9H4BrF3N2O. The van der Waals surface area contributed by atoms with Crippen molar-refractivity contribution in [3.05, 3.63) is 34.3 Å². The predicted molar refractivity (Wildman–Crippen MR) is 53.3 cm³/mol. The van der Waals surface area contributed by atoms with Crippen molar-refractivity contribution in [2.75, 3.05) is 0 Å². The van der Waals surface area contributed by atoms with Crippen molar-refractivity contribution in [1.82, 2.24) is 9.38 Å². The maximum absolute atomic E-state index is 12.6. The summed E-state index contributed by atoms with van der Waals surface area (Å²) in [6.45, 7) is 0. The van der Waals surface area contributed by atoms with E-state index in [0.717, 1.165) is 4.40 Å². The lowest BCUT2D eigenvalue weighted by Gasteiger charge is -2.06. The van der Waals surface area contributed by atoms with Gasteiger partial charge in [0, 0.05) is 0 Å². The lowest BCUT2D eigenvalue weighted by Crippen LogP contribution is -2.11. The number of halogens is 4. The highest BCUT2D eigenvalue weighted by molar-refractivity contribution is 9.10. The van der Waals surface area contributed by atoms with Crippen LogP contribution in [0.25, 0.3) is 5.52 Å². The van der Waals surface area contributed by atoms with Crippen LogP contribution in [0.2, 0.25) is 0 Å². The standard InChI is InChI=1S/C9H4BrF3N2O/c10-7-3-1-2-6-5(4-16)14-8(15(6)7)9(11,12)13/h1-4H. The molecule has 2 heterocycles. The van der Waals surface area contributed by atoms with Crippen molar-refractivity contribution in [2.45, 2.75) is 6.18 Å². The molecule has 0 fully saturated rings. The van der Waals surface area contributed by atoms with E-state index < -0.39 is 12.0 Å². The smallest absolute Gasteiger partial charge is 0.296 e. The summed E-state index contributed by atoms with van der Waals surface area (Å²) in [6, 6.07) is 4.38. The largest absolute Gasteiger partial charge is 0.450 e. The van der Waals surface area contributed by atoms with Crippen molar-refractivity contribution in [2.24, 2.45) is 0 Å². The quantitative estimate of drug-likeness (QED) is 0.598. The van der Waals surface area contributed by atoms with Gasteiger partial charge in [-0.1, -0.05) is 6.07 Å². The molecule has 0 bridgehead atoms. The Hall–Kier alpha value is -1.37. The van der Waals surface area contributed by atoms with Gasteiger partial charge in [0.1, 0.15) is 5.69 Å². The Bertz CT molecular complexity index is 562. The molecule has 0 unspecified atom stereocenters. The second-order valence-electron chi connectivity index (χ2n) is 3.01. The van der Waals surface area contributed by atoms with Gasteiger partial charge in [0.2, 0.25) is 5.82 Å². The van der Waals surface area contributed by atoms with Gasteiger partial charge in [0.15, 0.2) is 6.29 Å². The van der Waals surface area contributed by atoms with E-state index in [4.69, 9.17) is 0 Å². The fraction of sp³-hybridized carbons (Fsp3) is 0.111. The number of imidazole rings is 1. The zero-order valence-corrected chi connectivity index (χ0v) is 9.21. The zero-order chi connectivity index (χ0) is 11.9. The second kappa shape index (κ2) is 3.58. The Labute approximate surface area is 96.0 Å². The molecule has 7 heteroatoms. The molecule has 84 valence electrons. The van der Waals surface area contributed by atoms with Crippen molar-refractivity contribution >= 4 is 27.7 Å². The fourth-order valence-electron chi connectivity index (χ4n) is 1.40. The fourth-order valence-corrected chi connectivity index (χ4v) is 1.91. The molecule has 0 spiro atoms. The van der Waals surface area contributed by atoms with E-state index in [1.54, 1.807) is 0 Å². The molecule has 0 saturated heterocycles. The van der Waals surface area contributed by atoms with Crippen LogP contribution in [0.15, 0.2) is 22.8 Å². The van der Waals surface area contributed by atoms with E-state index in [1.807, 2.05) is 0 Å². The number of rotatable bonds is 1. The molecule has 16 heavy (non-hydrogen) atoms. The first-order valence-corrected chi connectivity index (χ1v) is 4.94. The maximum Gasteiger partial charge on any atom is 0.450 e. The van der Waals surface area contributed by atoms with Crippen molar-refractivity contribution in [3.63, 3.8) is 0 Å². The zero-order valence-electron chi connectivity index (χ0n) is 7.62. The molecule has 0 aromatic carbocycles. The molecule has 0 aliphatic rings. The van der Waals surface area contributed by atoms with Crippen molar-refractivity contribution in [3.8, 4) is 0 Å². The number of hydrogen-bond acceptors (Lipinski definition) is 2. The third kappa shape index (κ3) is 1.60. The highest BCUT2D eigenvalue weighted by atomic mass is 79.9. The number of nitrogens with zero attached hydrogens (tertiary/aromatic N) is 2. The Balaban J connectivity index is 2.90. The van der Waals surface area contributed by atoms with Crippen LogP contribution < -0.4 is 0 Å². The maximum atomic E-state index is 12.6. The van der Waals surface area contributed by atoms with Gasteiger partial charge in [-0.25, -0.2) is 4.98 Å². The van der Waals surface area contributed by atoms with Gasteiger partial charge in [0.25, 0.3) is 0 Å². The van der Waals surface area contributed by atoms with E-state index in [2.05, 4.69) is 20.9 Å². The van der Waals surface area contributed by atoms with Gasteiger partial charge >= 0.3 is 6.18 Å². The summed E-state index contributed by atoms with van der Waals surface area (Å²) in [5.74, 6) is -1.11. The van der Waals surface area contributed by atoms with Gasteiger partial charge in [-0.2, -0.15) is 13.2 Å². The molecule has 0 saturated carbocycles. The molecule has 0 aliphatic carbocycles. The molecule has 2 aromatic rings. The SMILES string of the molecule is O=Cc1nc(C(F)(F)F)n2c(Br)cccc12. The lowest BCUT2D eigenvalue weighted by molar-refractivity contribution is -0.145. The first-order chi connectivity index (χ1) is 7.45. The van der Waals surface area contributed by atoms with Crippen LogP contribution >= 0.6 is 15.9 Å². The predicted octanol–water partition coefficient (Wildman–Crippen LogP) is 2.93. The van der Waals surface area contributed by atoms with E-state index in [0.29, 0.717) is 6.29 Å². The molecular weight excluding hydrogens is 289 g/mol. The minimum absolute atomic E-state index is 0.122. The van der Waals surface area contributed by atoms with E-state index in [-0.39, 0.29) is 15.8 Å². The highest BCUT2D eigenvalue weighted by Gasteiger charge is 2.37. The third-order valence-corrected chi connectivity index (χ3v) is 2.63. The summed E-state index contributed by atoms with van der Waals surface area (Å²) in [4.78, 5) is 13.9. The van der Waals surface area contributed by atoms with Crippen LogP contribution in [0.3, 0.4) is 0 Å². The Morgan fingerprint density at radius 3 is 2.62 bits per heavy atom. The molecule has 0 amide bonds. The van der Waals surface area contributed by atoms with Crippen LogP contribution in [0.4, 0.5) is 13.2 Å². The van der Waals surface area contributed by atoms with E-state index in [1.165, 1.54) is 18.2 Å². The summed E-state index contributed by atoms with van der Waals surface area (Å²) < 4.78 is 38.9. The van der Waals surface area contributed by atoms with Crippen LogP contribution in [-0.4, -0.2) is 15.7 Å². The molecule has 0 atom stereocenters. The first-order valence-electron chi connectivity index (χ1n) is 4.14. The average molecular weight is 293 g/mol. The van der Waals surface area contributed by atoms with Crippen molar-refractivity contribution < 1.29 is 18.0 Å². The summed E-state index contributed by atoms with van der Waals surface area (Å²) in [6.07, 6.45) is -4.30. The number of aromatic nitrogens is 2. The minimum Gasteiger partial charge on any atom is -0.296 e.